The summed E-state index contributed by atoms with van der Waals surface area (Å²) < 4.78 is 6.04. The molecule has 0 bridgehead atoms. The summed E-state index contributed by atoms with van der Waals surface area (Å²) in [4.78, 5) is 0. The summed E-state index contributed by atoms with van der Waals surface area (Å²) in [5, 5.41) is 0. The highest BCUT2D eigenvalue weighted by atomic mass is 16.5. The fourth-order valence-corrected chi connectivity index (χ4v) is 2.48. The Morgan fingerprint density at radius 3 is 2.21 bits per heavy atom. The number of nitrogens with one attached hydrogen (secondary N) is 2. The Kier molecular flexibility index (Phi) is 5.48. The molecule has 0 radical (unpaired) electrons. The smallest absolute Gasteiger partial charge is 0.124 e. The Morgan fingerprint density at radius 1 is 0.750 bits per heavy atom. The third-order valence-electron chi connectivity index (χ3n) is 3.90. The zero-order valence-electron chi connectivity index (χ0n) is 13.8. The topological polar surface area (TPSA) is 33.3 Å². The quantitative estimate of drug-likeness (QED) is 0.620. The van der Waals surface area contributed by atoms with E-state index in [1.165, 1.54) is 11.1 Å². The van der Waals surface area contributed by atoms with Gasteiger partial charge in [-0.05, 0) is 36.2 Å². The summed E-state index contributed by atoms with van der Waals surface area (Å²) in [6, 6.07) is 26.5. The molecule has 0 amide bonds. The van der Waals surface area contributed by atoms with Crippen molar-refractivity contribution in [1.82, 2.24) is 5.43 Å². The molecule has 0 atom stereocenters. The Morgan fingerprint density at radius 2 is 1.42 bits per heavy atom. The molecule has 3 rings (SSSR count). The third kappa shape index (κ3) is 4.37. The van der Waals surface area contributed by atoms with Gasteiger partial charge in [-0.15, -0.1) is 0 Å². The predicted molar refractivity (Wildman–Crippen MR) is 98.9 cm³/mol. The molecule has 24 heavy (non-hydrogen) atoms. The second kappa shape index (κ2) is 8.18. The van der Waals surface area contributed by atoms with Crippen LogP contribution in [-0.4, -0.2) is 0 Å². The van der Waals surface area contributed by atoms with Gasteiger partial charge in [0.15, 0.2) is 0 Å². The summed E-state index contributed by atoms with van der Waals surface area (Å²) >= 11 is 0. The summed E-state index contributed by atoms with van der Waals surface area (Å²) in [5.74, 6) is 0.906. The highest BCUT2D eigenvalue weighted by molar-refractivity contribution is 5.41. The van der Waals surface area contributed by atoms with Crippen molar-refractivity contribution in [3.05, 3.63) is 95.6 Å². The molecule has 0 spiro atoms. The van der Waals surface area contributed by atoms with Gasteiger partial charge in [-0.1, -0.05) is 60.7 Å². The molecule has 2 N–H and O–H groups in total. The lowest BCUT2D eigenvalue weighted by Crippen LogP contribution is -2.21. The Hall–Kier alpha value is -2.78. The first-order valence-corrected chi connectivity index (χ1v) is 8.12. The summed E-state index contributed by atoms with van der Waals surface area (Å²) in [6.45, 7) is 3.37. The lowest BCUT2D eigenvalue weighted by atomic mass is 10.1. The Bertz CT molecular complexity index is 772. The average Bonchev–Trinajstić information content (AvgIpc) is 2.63. The number of anilines is 1. The zero-order chi connectivity index (χ0) is 16.6. The van der Waals surface area contributed by atoms with E-state index in [1.807, 2.05) is 60.7 Å². The van der Waals surface area contributed by atoms with Crippen molar-refractivity contribution in [2.75, 3.05) is 5.43 Å². The van der Waals surface area contributed by atoms with E-state index in [2.05, 4.69) is 36.0 Å². The number of hydrazine groups is 1. The summed E-state index contributed by atoms with van der Waals surface area (Å²) in [6.07, 6.45) is 0. The second-order valence-electron chi connectivity index (χ2n) is 5.67. The van der Waals surface area contributed by atoms with Gasteiger partial charge in [-0.25, -0.2) is 5.43 Å². The monoisotopic (exact) mass is 318 g/mol. The van der Waals surface area contributed by atoms with Gasteiger partial charge in [-0.2, -0.15) is 0 Å². The minimum absolute atomic E-state index is 0.579. The van der Waals surface area contributed by atoms with E-state index in [0.29, 0.717) is 13.2 Å². The number of rotatable bonds is 7. The first-order valence-electron chi connectivity index (χ1n) is 8.12. The standard InChI is InChI=1S/C21H22N2O/c1-17-9-5-6-11-19(17)16-24-21-14-8-7-10-18(21)15-22-23-20-12-3-2-4-13-20/h2-14,22-23H,15-16H2,1H3. The van der Waals surface area contributed by atoms with Gasteiger partial charge in [0.1, 0.15) is 12.4 Å². The number of para-hydroxylation sites is 2. The molecule has 0 unspecified atom stereocenters. The molecule has 0 heterocycles. The SMILES string of the molecule is Cc1ccccc1COc1ccccc1CNNc1ccccc1. The number of hydrogen-bond donors (Lipinski definition) is 2. The van der Waals surface area contributed by atoms with E-state index in [1.54, 1.807) is 0 Å². The zero-order valence-corrected chi connectivity index (χ0v) is 13.8. The summed E-state index contributed by atoms with van der Waals surface area (Å²) in [5.41, 5.74) is 11.1. The molecule has 122 valence electrons. The molecule has 3 heteroatoms. The third-order valence-corrected chi connectivity index (χ3v) is 3.90. The van der Waals surface area contributed by atoms with Crippen LogP contribution in [0.4, 0.5) is 5.69 Å². The number of hydrogen-bond acceptors (Lipinski definition) is 3. The minimum Gasteiger partial charge on any atom is -0.489 e. The van der Waals surface area contributed by atoms with E-state index >= 15 is 0 Å². The van der Waals surface area contributed by atoms with Crippen molar-refractivity contribution in [3.8, 4) is 5.75 Å². The van der Waals surface area contributed by atoms with E-state index in [0.717, 1.165) is 17.0 Å². The van der Waals surface area contributed by atoms with Crippen LogP contribution < -0.4 is 15.6 Å². The highest BCUT2D eigenvalue weighted by Crippen LogP contribution is 2.20. The molecule has 0 aliphatic heterocycles. The normalized spacial score (nSPS) is 10.4. The Labute approximate surface area is 143 Å². The molecule has 0 saturated carbocycles. The lowest BCUT2D eigenvalue weighted by molar-refractivity contribution is 0.301. The van der Waals surface area contributed by atoms with Gasteiger partial charge in [0.2, 0.25) is 0 Å². The van der Waals surface area contributed by atoms with Crippen LogP contribution in [0.25, 0.3) is 0 Å². The van der Waals surface area contributed by atoms with E-state index in [9.17, 15) is 0 Å². The molecule has 3 aromatic carbocycles. The molecule has 0 aromatic heterocycles. The maximum atomic E-state index is 6.04. The summed E-state index contributed by atoms with van der Waals surface area (Å²) in [7, 11) is 0. The van der Waals surface area contributed by atoms with Crippen LogP contribution in [0.3, 0.4) is 0 Å². The second-order valence-corrected chi connectivity index (χ2v) is 5.67. The molecular weight excluding hydrogens is 296 g/mol. The van der Waals surface area contributed by atoms with Gasteiger partial charge in [0, 0.05) is 17.8 Å². The van der Waals surface area contributed by atoms with Crippen LogP contribution >= 0.6 is 0 Å². The van der Waals surface area contributed by atoms with Crippen molar-refractivity contribution >= 4 is 5.69 Å². The van der Waals surface area contributed by atoms with Gasteiger partial charge >= 0.3 is 0 Å². The van der Waals surface area contributed by atoms with Crippen LogP contribution in [0.1, 0.15) is 16.7 Å². The molecule has 0 fully saturated rings. The van der Waals surface area contributed by atoms with Crippen LogP contribution in [0.5, 0.6) is 5.75 Å². The van der Waals surface area contributed by atoms with Crippen molar-refractivity contribution in [2.45, 2.75) is 20.1 Å². The number of benzene rings is 3. The maximum Gasteiger partial charge on any atom is 0.124 e. The molecular formula is C21H22N2O. The van der Waals surface area contributed by atoms with E-state index < -0.39 is 0 Å². The van der Waals surface area contributed by atoms with Crippen molar-refractivity contribution in [3.63, 3.8) is 0 Å². The molecule has 3 aromatic rings. The van der Waals surface area contributed by atoms with Crippen molar-refractivity contribution in [1.29, 1.82) is 0 Å². The average molecular weight is 318 g/mol. The van der Waals surface area contributed by atoms with Gasteiger partial charge in [0.25, 0.3) is 0 Å². The van der Waals surface area contributed by atoms with E-state index in [4.69, 9.17) is 4.74 Å². The Balaban J connectivity index is 1.59. The number of ether oxygens (including phenoxy) is 1. The van der Waals surface area contributed by atoms with Gasteiger partial charge in [-0.3, -0.25) is 0 Å². The van der Waals surface area contributed by atoms with Crippen molar-refractivity contribution < 1.29 is 4.74 Å². The maximum absolute atomic E-state index is 6.04. The first-order chi connectivity index (χ1) is 11.8. The lowest BCUT2D eigenvalue weighted by Gasteiger charge is -2.14. The molecule has 3 nitrogen and oxygen atoms in total. The van der Waals surface area contributed by atoms with Crippen LogP contribution in [0.2, 0.25) is 0 Å². The van der Waals surface area contributed by atoms with Crippen LogP contribution in [0.15, 0.2) is 78.9 Å². The van der Waals surface area contributed by atoms with Gasteiger partial charge in [0.05, 0.1) is 0 Å². The number of aryl methyl sites for hydroxylation is 1. The molecule has 0 saturated heterocycles. The fourth-order valence-electron chi connectivity index (χ4n) is 2.48. The largest absolute Gasteiger partial charge is 0.489 e. The van der Waals surface area contributed by atoms with Crippen LogP contribution in [0, 0.1) is 6.92 Å². The van der Waals surface area contributed by atoms with Gasteiger partial charge < -0.3 is 10.2 Å². The highest BCUT2D eigenvalue weighted by Gasteiger charge is 2.04. The molecule has 0 aliphatic carbocycles. The van der Waals surface area contributed by atoms with Crippen molar-refractivity contribution in [2.24, 2.45) is 0 Å². The van der Waals surface area contributed by atoms with E-state index in [-0.39, 0.29) is 0 Å². The van der Waals surface area contributed by atoms with Crippen LogP contribution in [-0.2, 0) is 13.2 Å². The minimum atomic E-state index is 0.579. The fraction of sp³-hybridized carbons (Fsp3) is 0.143. The molecule has 0 aliphatic rings. The first kappa shape index (κ1) is 16.1. The predicted octanol–water partition coefficient (Wildman–Crippen LogP) is 4.69.